The van der Waals surface area contributed by atoms with Gasteiger partial charge in [-0.25, -0.2) is 4.39 Å². The van der Waals surface area contributed by atoms with E-state index in [1.54, 1.807) is 24.3 Å². The lowest BCUT2D eigenvalue weighted by molar-refractivity contribution is -0.138. The third-order valence-electron chi connectivity index (χ3n) is 4.68. The SMILES string of the molecule is CC(C)n1c(/C=C/C=C/C(O)CC(=O)O)c(-c2ccc(F)cc2)c2ccccc21. The van der Waals surface area contributed by atoms with Crippen molar-refractivity contribution < 1.29 is 19.4 Å². The van der Waals surface area contributed by atoms with E-state index in [-0.39, 0.29) is 18.3 Å². The second-order valence-corrected chi connectivity index (χ2v) is 7.16. The molecular formula is C24H24FNO3. The van der Waals surface area contributed by atoms with Crippen LogP contribution in [0.5, 0.6) is 0 Å². The first-order valence-electron chi connectivity index (χ1n) is 9.52. The van der Waals surface area contributed by atoms with Crippen molar-refractivity contribution >= 4 is 22.9 Å². The fourth-order valence-corrected chi connectivity index (χ4v) is 3.51. The van der Waals surface area contributed by atoms with E-state index >= 15 is 0 Å². The van der Waals surface area contributed by atoms with Crippen molar-refractivity contribution in [3.63, 3.8) is 0 Å². The maximum absolute atomic E-state index is 13.5. The summed E-state index contributed by atoms with van der Waals surface area (Å²) in [7, 11) is 0. The van der Waals surface area contributed by atoms with Crippen LogP contribution in [0.25, 0.3) is 28.1 Å². The Morgan fingerprint density at radius 1 is 1.10 bits per heavy atom. The Bertz CT molecular complexity index is 1060. The molecule has 2 aromatic carbocycles. The summed E-state index contributed by atoms with van der Waals surface area (Å²) in [6.07, 6.45) is 5.44. The normalized spacial score (nSPS) is 13.1. The van der Waals surface area contributed by atoms with E-state index in [1.807, 2.05) is 18.2 Å². The molecule has 0 saturated carbocycles. The van der Waals surface area contributed by atoms with Gasteiger partial charge >= 0.3 is 5.97 Å². The van der Waals surface area contributed by atoms with Gasteiger partial charge in [0.15, 0.2) is 0 Å². The molecule has 0 aliphatic heterocycles. The molecule has 3 aromatic rings. The second-order valence-electron chi connectivity index (χ2n) is 7.16. The lowest BCUT2D eigenvalue weighted by Crippen LogP contribution is -2.09. The van der Waals surface area contributed by atoms with E-state index in [0.29, 0.717) is 0 Å². The standard InChI is InChI=1S/C24H24FNO3/c1-16(2)26-21-9-6-4-8-20(21)24(17-11-13-18(25)14-12-17)22(26)10-5-3-7-19(27)15-23(28)29/h3-14,16,19,27H,15H2,1-2H3,(H,28,29)/b7-3+,10-5+. The zero-order valence-electron chi connectivity index (χ0n) is 16.4. The summed E-state index contributed by atoms with van der Waals surface area (Å²) in [6.45, 7) is 4.20. The van der Waals surface area contributed by atoms with Crippen LogP contribution in [0.4, 0.5) is 4.39 Å². The van der Waals surface area contributed by atoms with E-state index in [0.717, 1.165) is 27.7 Å². The summed E-state index contributed by atoms with van der Waals surface area (Å²) in [5.74, 6) is -1.33. The van der Waals surface area contributed by atoms with Crippen molar-refractivity contribution in [1.82, 2.24) is 4.57 Å². The van der Waals surface area contributed by atoms with Crippen molar-refractivity contribution in [2.24, 2.45) is 0 Å². The predicted octanol–water partition coefficient (Wildman–Crippen LogP) is 5.43. The van der Waals surface area contributed by atoms with Crippen molar-refractivity contribution in [3.05, 3.63) is 78.3 Å². The number of nitrogens with zero attached hydrogens (tertiary/aromatic N) is 1. The van der Waals surface area contributed by atoms with Crippen molar-refractivity contribution in [2.75, 3.05) is 0 Å². The lowest BCUT2D eigenvalue weighted by atomic mass is 10.0. The number of para-hydroxylation sites is 1. The van der Waals surface area contributed by atoms with Crippen LogP contribution in [-0.2, 0) is 4.79 Å². The number of fused-ring (bicyclic) bond motifs is 1. The highest BCUT2D eigenvalue weighted by molar-refractivity contribution is 6.01. The quantitative estimate of drug-likeness (QED) is 0.526. The number of allylic oxidation sites excluding steroid dienone is 2. The Kier molecular flexibility index (Phi) is 6.29. The monoisotopic (exact) mass is 393 g/mol. The van der Waals surface area contributed by atoms with Crippen LogP contribution in [0, 0.1) is 5.82 Å². The minimum Gasteiger partial charge on any atom is -0.481 e. The summed E-state index contributed by atoms with van der Waals surface area (Å²) in [5, 5.41) is 19.5. The van der Waals surface area contributed by atoms with E-state index < -0.39 is 12.1 Å². The third-order valence-corrected chi connectivity index (χ3v) is 4.68. The molecule has 1 atom stereocenters. The first-order valence-corrected chi connectivity index (χ1v) is 9.52. The van der Waals surface area contributed by atoms with Gasteiger partial charge in [-0.2, -0.15) is 0 Å². The van der Waals surface area contributed by atoms with Crippen LogP contribution in [0.15, 0.2) is 66.8 Å². The molecule has 0 spiro atoms. The number of hydrogen-bond acceptors (Lipinski definition) is 2. The van der Waals surface area contributed by atoms with E-state index in [9.17, 15) is 14.3 Å². The van der Waals surface area contributed by atoms with Gasteiger partial charge in [0, 0.05) is 28.2 Å². The van der Waals surface area contributed by atoms with Crippen LogP contribution in [0.2, 0.25) is 0 Å². The fourth-order valence-electron chi connectivity index (χ4n) is 3.51. The number of rotatable bonds is 7. The fraction of sp³-hybridized carbons (Fsp3) is 0.208. The number of aliphatic carboxylic acids is 1. The van der Waals surface area contributed by atoms with Gasteiger partial charge in [0.2, 0.25) is 0 Å². The lowest BCUT2D eigenvalue weighted by Gasteiger charge is -2.13. The molecule has 3 rings (SSSR count). The van der Waals surface area contributed by atoms with Crippen LogP contribution in [-0.4, -0.2) is 26.9 Å². The maximum atomic E-state index is 13.5. The predicted molar refractivity (Wildman–Crippen MR) is 114 cm³/mol. The molecule has 1 unspecified atom stereocenters. The number of benzene rings is 2. The molecule has 0 aliphatic carbocycles. The number of aliphatic hydroxyl groups is 1. The van der Waals surface area contributed by atoms with Gasteiger partial charge < -0.3 is 14.8 Å². The minimum absolute atomic E-state index is 0.190. The molecule has 0 radical (unpaired) electrons. The highest BCUT2D eigenvalue weighted by Gasteiger charge is 2.18. The zero-order chi connectivity index (χ0) is 21.0. The Labute approximate surface area is 169 Å². The molecular weight excluding hydrogens is 369 g/mol. The van der Waals surface area contributed by atoms with Crippen LogP contribution < -0.4 is 0 Å². The smallest absolute Gasteiger partial charge is 0.306 e. The van der Waals surface area contributed by atoms with Crippen molar-refractivity contribution in [3.8, 4) is 11.1 Å². The van der Waals surface area contributed by atoms with Gasteiger partial charge in [0.25, 0.3) is 0 Å². The first kappa shape index (κ1) is 20.6. The molecule has 150 valence electrons. The molecule has 4 nitrogen and oxygen atoms in total. The van der Waals surface area contributed by atoms with Gasteiger partial charge in [-0.3, -0.25) is 4.79 Å². The zero-order valence-corrected chi connectivity index (χ0v) is 16.4. The first-order chi connectivity index (χ1) is 13.9. The summed E-state index contributed by atoms with van der Waals surface area (Å²) >= 11 is 0. The minimum atomic E-state index is -1.05. The number of carboxylic acids is 1. The largest absolute Gasteiger partial charge is 0.481 e. The molecule has 1 aromatic heterocycles. The van der Waals surface area contributed by atoms with Crippen molar-refractivity contribution in [2.45, 2.75) is 32.4 Å². The number of halogens is 1. The van der Waals surface area contributed by atoms with E-state index in [4.69, 9.17) is 5.11 Å². The van der Waals surface area contributed by atoms with Crippen LogP contribution in [0.3, 0.4) is 0 Å². The summed E-state index contributed by atoms with van der Waals surface area (Å²) < 4.78 is 15.7. The maximum Gasteiger partial charge on any atom is 0.306 e. The summed E-state index contributed by atoms with van der Waals surface area (Å²) in [4.78, 5) is 10.7. The van der Waals surface area contributed by atoms with Crippen LogP contribution in [0.1, 0.15) is 32.0 Å². The Morgan fingerprint density at radius 3 is 2.45 bits per heavy atom. The van der Waals surface area contributed by atoms with Crippen LogP contribution >= 0.6 is 0 Å². The third kappa shape index (κ3) is 4.63. The molecule has 1 heterocycles. The molecule has 0 aliphatic rings. The number of aliphatic hydroxyl groups excluding tert-OH is 1. The number of aromatic nitrogens is 1. The van der Waals surface area contributed by atoms with Gasteiger partial charge in [-0.05, 0) is 43.7 Å². The molecule has 0 amide bonds. The molecule has 0 bridgehead atoms. The molecule has 0 saturated heterocycles. The Balaban J connectivity index is 2.11. The topological polar surface area (TPSA) is 62.5 Å². The number of hydrogen-bond donors (Lipinski definition) is 2. The molecule has 29 heavy (non-hydrogen) atoms. The second kappa shape index (κ2) is 8.88. The van der Waals surface area contributed by atoms with E-state index in [1.165, 1.54) is 18.2 Å². The Hall–Kier alpha value is -3.18. The average molecular weight is 393 g/mol. The average Bonchev–Trinajstić information content (AvgIpc) is 2.99. The van der Waals surface area contributed by atoms with Gasteiger partial charge in [0.05, 0.1) is 12.5 Å². The number of carboxylic acid groups (broad SMARTS) is 1. The molecule has 5 heteroatoms. The molecule has 0 fully saturated rings. The van der Waals surface area contributed by atoms with Gasteiger partial charge in [0.1, 0.15) is 5.82 Å². The molecule has 2 N–H and O–H groups in total. The summed E-state index contributed by atoms with van der Waals surface area (Å²) in [5.41, 5.74) is 3.96. The van der Waals surface area contributed by atoms with Gasteiger partial charge in [-0.15, -0.1) is 0 Å². The van der Waals surface area contributed by atoms with E-state index in [2.05, 4.69) is 30.5 Å². The highest BCUT2D eigenvalue weighted by Crippen LogP contribution is 2.37. The number of carbonyl (C=O) groups is 1. The summed E-state index contributed by atoms with van der Waals surface area (Å²) in [6, 6.07) is 14.7. The van der Waals surface area contributed by atoms with Crippen molar-refractivity contribution in [1.29, 1.82) is 0 Å². The van der Waals surface area contributed by atoms with Gasteiger partial charge in [-0.1, -0.05) is 48.6 Å². The highest BCUT2D eigenvalue weighted by atomic mass is 19.1. The Morgan fingerprint density at radius 2 is 1.79 bits per heavy atom.